The molecule has 6 heteroatoms. The van der Waals surface area contributed by atoms with Gasteiger partial charge in [0.1, 0.15) is 11.2 Å². The highest BCUT2D eigenvalue weighted by atomic mass is 32.3. The van der Waals surface area contributed by atoms with Crippen molar-refractivity contribution in [3.8, 4) is 28.5 Å². The van der Waals surface area contributed by atoms with Gasteiger partial charge in [-0.1, -0.05) is 42.5 Å². The summed E-state index contributed by atoms with van der Waals surface area (Å²) >= 11 is 0. The Morgan fingerprint density at radius 1 is 0.882 bits per heavy atom. The fourth-order valence-electron chi connectivity index (χ4n) is 4.22. The van der Waals surface area contributed by atoms with Crippen LogP contribution in [-0.4, -0.2) is 39.4 Å². The molecule has 0 saturated heterocycles. The van der Waals surface area contributed by atoms with Gasteiger partial charge in [0.05, 0.1) is 33.0 Å². The summed E-state index contributed by atoms with van der Waals surface area (Å²) in [4.78, 5) is 4.63. The maximum Gasteiger partial charge on any atom is 0.144 e. The van der Waals surface area contributed by atoms with E-state index in [0.717, 1.165) is 44.3 Å². The van der Waals surface area contributed by atoms with Crippen LogP contribution in [0.5, 0.6) is 0 Å². The van der Waals surface area contributed by atoms with E-state index >= 15 is 0 Å². The van der Waals surface area contributed by atoms with Gasteiger partial charge < -0.3 is 4.42 Å². The number of furan rings is 1. The molecule has 3 aromatic carbocycles. The van der Waals surface area contributed by atoms with Gasteiger partial charge in [-0.2, -0.15) is 5.26 Å². The van der Waals surface area contributed by atoms with E-state index in [0.29, 0.717) is 11.1 Å². The molecule has 0 aliphatic carbocycles. The van der Waals surface area contributed by atoms with Crippen LogP contribution in [0.4, 0.5) is 0 Å². The number of aromatic nitrogens is 1. The van der Waals surface area contributed by atoms with Crippen molar-refractivity contribution in [3.05, 3.63) is 90.1 Å². The van der Waals surface area contributed by atoms with Gasteiger partial charge in [0.25, 0.3) is 0 Å². The maximum absolute atomic E-state index is 9.80. The summed E-state index contributed by atoms with van der Waals surface area (Å²) in [6.45, 7) is 0. The van der Waals surface area contributed by atoms with Crippen molar-refractivity contribution in [1.29, 1.82) is 5.26 Å². The molecule has 5 aromatic rings. The number of hydrogen-bond acceptors (Lipinski definition) is 3. The van der Waals surface area contributed by atoms with E-state index in [9.17, 15) is 5.26 Å². The third kappa shape index (κ3) is 3.52. The van der Waals surface area contributed by atoms with Crippen LogP contribution in [0.3, 0.4) is 0 Å². The molecular weight excluding hydrogens is 434 g/mol. The zero-order valence-electron chi connectivity index (χ0n) is 19.4. The summed E-state index contributed by atoms with van der Waals surface area (Å²) < 4.78 is 5.56. The Morgan fingerprint density at radius 2 is 1.62 bits per heavy atom. The molecule has 2 aromatic heterocycles. The minimum Gasteiger partial charge on any atom is -0.455 e. The first kappa shape index (κ1) is 22.4. The lowest BCUT2D eigenvalue weighted by Crippen LogP contribution is -2.32. The highest BCUT2D eigenvalue weighted by molar-refractivity contribution is 8.34. The number of para-hydroxylation sites is 1. The summed E-state index contributed by atoms with van der Waals surface area (Å²) in [7, 11) is 11.9. The lowest BCUT2D eigenvalue weighted by atomic mass is 9.65. The largest absolute Gasteiger partial charge is 0.455 e. The van der Waals surface area contributed by atoms with Gasteiger partial charge in [-0.05, 0) is 64.8 Å². The smallest absolute Gasteiger partial charge is 0.144 e. The summed E-state index contributed by atoms with van der Waals surface area (Å²) in [5, 5.41) is 11.7. The second-order valence-corrected chi connectivity index (χ2v) is 13.5. The average Bonchev–Trinajstić information content (AvgIpc) is 3.22. The van der Waals surface area contributed by atoms with E-state index in [2.05, 4.69) is 29.8 Å². The van der Waals surface area contributed by atoms with Crippen molar-refractivity contribution < 1.29 is 4.42 Å². The van der Waals surface area contributed by atoms with Crippen LogP contribution in [0.2, 0.25) is 0 Å². The minimum absolute atomic E-state index is 0.573. The lowest BCUT2D eigenvalue weighted by Gasteiger charge is -2.45. The number of nitriles is 1. The highest BCUT2D eigenvalue weighted by Crippen LogP contribution is 2.52. The molecule has 0 unspecified atom stereocenters. The Hall–Kier alpha value is -3.42. The van der Waals surface area contributed by atoms with E-state index in [1.165, 1.54) is 0 Å². The molecule has 0 amide bonds. The third-order valence-electron chi connectivity index (χ3n) is 6.35. The van der Waals surface area contributed by atoms with E-state index < -0.39 is 14.6 Å². The first-order valence-electron chi connectivity index (χ1n) is 10.9. The quantitative estimate of drug-likeness (QED) is 0.297. The van der Waals surface area contributed by atoms with Gasteiger partial charge in [-0.15, -0.1) is 0 Å². The summed E-state index contributed by atoms with van der Waals surface area (Å²) in [5.41, 5.74) is 6.15. The molecule has 0 fully saturated rings. The van der Waals surface area contributed by atoms with Crippen molar-refractivity contribution in [2.75, 3.05) is 18.8 Å². The van der Waals surface area contributed by atoms with Crippen LogP contribution >= 0.6 is 10.0 Å². The zero-order chi connectivity index (χ0) is 24.1. The van der Waals surface area contributed by atoms with E-state index in [4.69, 9.17) is 20.1 Å². The zero-order valence-corrected chi connectivity index (χ0v) is 20.2. The van der Waals surface area contributed by atoms with E-state index in [-0.39, 0.29) is 0 Å². The second kappa shape index (κ2) is 8.11. The Labute approximate surface area is 204 Å². The molecule has 0 atom stereocenters. The van der Waals surface area contributed by atoms with Crippen LogP contribution in [0.1, 0.15) is 11.1 Å². The van der Waals surface area contributed by atoms with Crippen molar-refractivity contribution in [2.45, 2.75) is 4.55 Å². The standard InChI is InChI=1S/C28H22B2N2OS/c1-34(2,3)28(29,30)20-14-15-32-24(16-20)23-11-7-10-21-22-13-12-19(17-31)25(27(22)33-26(21)23)18-8-5-4-6-9-18/h4-16H,1-3H3. The van der Waals surface area contributed by atoms with Crippen molar-refractivity contribution in [3.63, 3.8) is 0 Å². The topological polar surface area (TPSA) is 49.8 Å². The van der Waals surface area contributed by atoms with E-state index in [1.807, 2.05) is 72.8 Å². The molecule has 4 radical (unpaired) electrons. The Morgan fingerprint density at radius 3 is 2.32 bits per heavy atom. The van der Waals surface area contributed by atoms with Gasteiger partial charge in [0, 0.05) is 28.1 Å². The van der Waals surface area contributed by atoms with E-state index in [1.54, 1.807) is 6.20 Å². The molecule has 0 spiro atoms. The average molecular weight is 456 g/mol. The van der Waals surface area contributed by atoms with Crippen LogP contribution in [0.25, 0.3) is 44.3 Å². The van der Waals surface area contributed by atoms with Crippen LogP contribution in [0, 0.1) is 11.3 Å². The molecule has 5 rings (SSSR count). The van der Waals surface area contributed by atoms with Crippen LogP contribution < -0.4 is 0 Å². The molecule has 34 heavy (non-hydrogen) atoms. The Balaban J connectivity index is 1.78. The van der Waals surface area contributed by atoms with Crippen LogP contribution in [0.15, 0.2) is 83.4 Å². The van der Waals surface area contributed by atoms with Gasteiger partial charge in [0.15, 0.2) is 0 Å². The third-order valence-corrected chi connectivity index (χ3v) is 8.61. The molecule has 2 heterocycles. The molecular formula is C28H22B2N2OS. The number of hydrogen-bond donors (Lipinski definition) is 0. The minimum atomic E-state index is -1.29. The predicted molar refractivity (Wildman–Crippen MR) is 146 cm³/mol. The first-order valence-corrected chi connectivity index (χ1v) is 13.7. The first-order chi connectivity index (χ1) is 16.2. The SMILES string of the molecule is [B]C([B])(c1ccnc(-c2cccc3c2oc2c(-c4ccccc4)c(C#N)ccc23)c1)S(C)(C)C. The molecule has 0 saturated carbocycles. The number of nitrogens with zero attached hydrogens (tertiary/aromatic N) is 2. The van der Waals surface area contributed by atoms with Crippen molar-refractivity contribution in [1.82, 2.24) is 4.98 Å². The molecule has 0 aliphatic rings. The molecule has 162 valence electrons. The number of pyridine rings is 1. The number of fused-ring (bicyclic) bond motifs is 3. The van der Waals surface area contributed by atoms with Crippen LogP contribution in [-0.2, 0) is 4.55 Å². The number of benzene rings is 3. The molecule has 3 nitrogen and oxygen atoms in total. The maximum atomic E-state index is 9.80. The predicted octanol–water partition coefficient (Wildman–Crippen LogP) is 6.33. The monoisotopic (exact) mass is 456 g/mol. The molecule has 0 aliphatic heterocycles. The van der Waals surface area contributed by atoms with Gasteiger partial charge >= 0.3 is 0 Å². The fourth-order valence-corrected chi connectivity index (χ4v) is 5.06. The second-order valence-electron chi connectivity index (χ2n) is 9.19. The molecule has 0 bridgehead atoms. The van der Waals surface area contributed by atoms with Crippen molar-refractivity contribution in [2.24, 2.45) is 0 Å². The van der Waals surface area contributed by atoms with Crippen molar-refractivity contribution >= 4 is 47.7 Å². The summed E-state index contributed by atoms with van der Waals surface area (Å²) in [6.07, 6.45) is 8.05. The highest BCUT2D eigenvalue weighted by Gasteiger charge is 2.30. The van der Waals surface area contributed by atoms with Gasteiger partial charge in [-0.25, -0.2) is 0 Å². The Kier molecular flexibility index (Phi) is 5.34. The lowest BCUT2D eigenvalue weighted by molar-refractivity contribution is 0.670. The molecule has 0 N–H and O–H groups in total. The van der Waals surface area contributed by atoms with Gasteiger partial charge in [0.2, 0.25) is 0 Å². The summed E-state index contributed by atoms with van der Waals surface area (Å²) in [5.74, 6) is 0. The number of rotatable bonds is 4. The van der Waals surface area contributed by atoms with Gasteiger partial charge in [-0.3, -0.25) is 15.0 Å². The summed E-state index contributed by atoms with van der Waals surface area (Å²) in [6, 6.07) is 25.8. The fraction of sp³-hybridized carbons (Fsp3) is 0.143. The normalized spacial score (nSPS) is 12.6. The Bertz CT molecular complexity index is 1580.